The van der Waals surface area contributed by atoms with Crippen LogP contribution in [0.25, 0.3) is 0 Å². The largest absolute Gasteiger partial charge is 0.480 e. The summed E-state index contributed by atoms with van der Waals surface area (Å²) in [6, 6.07) is 6.84. The van der Waals surface area contributed by atoms with Crippen molar-refractivity contribution >= 4 is 17.6 Å². The van der Waals surface area contributed by atoms with Gasteiger partial charge in [-0.05, 0) is 37.8 Å². The van der Waals surface area contributed by atoms with E-state index in [9.17, 15) is 9.59 Å². The third-order valence-corrected chi connectivity index (χ3v) is 4.18. The molecular formula is C17H23NO4. The van der Waals surface area contributed by atoms with Gasteiger partial charge in [0.2, 0.25) is 0 Å². The maximum atomic E-state index is 12.4. The van der Waals surface area contributed by atoms with E-state index in [0.29, 0.717) is 17.2 Å². The highest BCUT2D eigenvalue weighted by Crippen LogP contribution is 2.28. The summed E-state index contributed by atoms with van der Waals surface area (Å²) in [5.74, 6) is -0.942. The van der Waals surface area contributed by atoms with Crippen molar-refractivity contribution in [2.45, 2.75) is 45.1 Å². The predicted octanol–water partition coefficient (Wildman–Crippen LogP) is 3.31. The minimum absolute atomic E-state index is 0.111. The van der Waals surface area contributed by atoms with E-state index in [2.05, 4.69) is 5.32 Å². The number of nitrogens with one attached hydrogen (secondary N) is 1. The predicted molar refractivity (Wildman–Crippen MR) is 84.0 cm³/mol. The molecule has 0 radical (unpaired) electrons. The molecule has 1 unspecified atom stereocenters. The average Bonchev–Trinajstić information content (AvgIpc) is 2.54. The fourth-order valence-corrected chi connectivity index (χ4v) is 2.92. The summed E-state index contributed by atoms with van der Waals surface area (Å²) in [7, 11) is 0. The topological polar surface area (TPSA) is 75.6 Å². The lowest BCUT2D eigenvalue weighted by Gasteiger charge is -2.27. The van der Waals surface area contributed by atoms with Crippen molar-refractivity contribution in [3.63, 3.8) is 0 Å². The van der Waals surface area contributed by atoms with Gasteiger partial charge in [-0.1, -0.05) is 31.4 Å². The smallest absolute Gasteiger partial charge is 0.340 e. The molecule has 1 saturated carbocycles. The van der Waals surface area contributed by atoms with Crippen LogP contribution < -0.4 is 5.32 Å². The number of carboxylic acids is 1. The normalized spacial score (nSPS) is 16.8. The van der Waals surface area contributed by atoms with Crippen molar-refractivity contribution in [1.82, 2.24) is 0 Å². The summed E-state index contributed by atoms with van der Waals surface area (Å²) in [6.45, 7) is 1.71. The highest BCUT2D eigenvalue weighted by molar-refractivity contribution is 5.96. The van der Waals surface area contributed by atoms with Crippen molar-refractivity contribution in [2.75, 3.05) is 11.9 Å². The minimum Gasteiger partial charge on any atom is -0.480 e. The second-order valence-corrected chi connectivity index (χ2v) is 5.80. The van der Waals surface area contributed by atoms with Gasteiger partial charge in [-0.15, -0.1) is 0 Å². The first-order chi connectivity index (χ1) is 10.6. The molecule has 2 rings (SSSR count). The van der Waals surface area contributed by atoms with Crippen LogP contribution in [0.3, 0.4) is 0 Å². The Morgan fingerprint density at radius 2 is 1.95 bits per heavy atom. The third-order valence-electron chi connectivity index (χ3n) is 4.18. The van der Waals surface area contributed by atoms with Crippen LogP contribution in [0.15, 0.2) is 24.3 Å². The second-order valence-electron chi connectivity index (χ2n) is 5.80. The van der Waals surface area contributed by atoms with Gasteiger partial charge in [0.05, 0.1) is 5.56 Å². The first kappa shape index (κ1) is 16.3. The van der Waals surface area contributed by atoms with E-state index >= 15 is 0 Å². The summed E-state index contributed by atoms with van der Waals surface area (Å²) in [6.07, 6.45) is 5.76. The molecule has 1 aromatic rings. The molecule has 0 saturated heterocycles. The number of carbonyl (C=O) groups excluding carboxylic acids is 1. The van der Waals surface area contributed by atoms with E-state index in [0.717, 1.165) is 12.8 Å². The van der Waals surface area contributed by atoms with Crippen molar-refractivity contribution in [2.24, 2.45) is 5.92 Å². The number of ether oxygens (including phenoxy) is 1. The van der Waals surface area contributed by atoms with E-state index in [-0.39, 0.29) is 12.6 Å². The Bertz CT molecular complexity index is 523. The number of aliphatic carboxylic acids is 1. The van der Waals surface area contributed by atoms with E-state index in [1.54, 1.807) is 24.3 Å². The zero-order chi connectivity index (χ0) is 15.9. The van der Waals surface area contributed by atoms with E-state index in [4.69, 9.17) is 9.84 Å². The van der Waals surface area contributed by atoms with Gasteiger partial charge in [-0.3, -0.25) is 4.79 Å². The molecule has 2 N–H and O–H groups in total. The number of esters is 1. The zero-order valence-corrected chi connectivity index (χ0v) is 12.9. The number of carbonyl (C=O) groups is 2. The van der Waals surface area contributed by atoms with Gasteiger partial charge in [0.15, 0.2) is 0 Å². The highest BCUT2D eigenvalue weighted by atomic mass is 16.5. The van der Waals surface area contributed by atoms with Crippen molar-refractivity contribution < 1.29 is 19.4 Å². The molecule has 0 aromatic heterocycles. The average molecular weight is 305 g/mol. The minimum atomic E-state index is -0.973. The lowest BCUT2D eigenvalue weighted by atomic mass is 9.86. The van der Waals surface area contributed by atoms with Gasteiger partial charge in [0.1, 0.15) is 12.6 Å². The number of hydrogen-bond acceptors (Lipinski definition) is 4. The third kappa shape index (κ3) is 4.48. The number of rotatable bonds is 6. The van der Waals surface area contributed by atoms with Gasteiger partial charge in [0, 0.05) is 5.69 Å². The number of benzene rings is 1. The maximum absolute atomic E-state index is 12.4. The number of anilines is 1. The van der Waals surface area contributed by atoms with Crippen LogP contribution >= 0.6 is 0 Å². The molecule has 22 heavy (non-hydrogen) atoms. The Morgan fingerprint density at radius 1 is 1.27 bits per heavy atom. The van der Waals surface area contributed by atoms with Crippen molar-refractivity contribution in [1.29, 1.82) is 0 Å². The van der Waals surface area contributed by atoms with Crippen molar-refractivity contribution in [3.05, 3.63) is 29.8 Å². The van der Waals surface area contributed by atoms with Crippen LogP contribution in [0.2, 0.25) is 0 Å². The lowest BCUT2D eigenvalue weighted by molar-refractivity contribution is -0.134. The number of hydrogen-bond donors (Lipinski definition) is 2. The van der Waals surface area contributed by atoms with Crippen LogP contribution in [0.1, 0.15) is 49.4 Å². The van der Waals surface area contributed by atoms with E-state index in [1.807, 2.05) is 6.92 Å². The van der Waals surface area contributed by atoms with Crippen molar-refractivity contribution in [3.8, 4) is 0 Å². The number of carboxylic acid groups (broad SMARTS) is 1. The molecule has 120 valence electrons. The SMILES string of the molecule is CC(OC(=O)c1ccccc1NCC(=O)O)C1CCCCC1. The van der Waals surface area contributed by atoms with Gasteiger partial charge in [-0.25, -0.2) is 4.79 Å². The summed E-state index contributed by atoms with van der Waals surface area (Å²) < 4.78 is 5.60. The Hall–Kier alpha value is -2.04. The summed E-state index contributed by atoms with van der Waals surface area (Å²) in [4.78, 5) is 23.0. The molecule has 0 amide bonds. The fraction of sp³-hybridized carbons (Fsp3) is 0.529. The molecule has 1 aliphatic carbocycles. The molecule has 5 heteroatoms. The molecule has 1 aliphatic rings. The van der Waals surface area contributed by atoms with Crippen LogP contribution in [0.5, 0.6) is 0 Å². The quantitative estimate of drug-likeness (QED) is 0.789. The van der Waals surface area contributed by atoms with Crippen LogP contribution in [0, 0.1) is 5.92 Å². The summed E-state index contributed by atoms with van der Waals surface area (Å²) in [5.41, 5.74) is 0.872. The maximum Gasteiger partial charge on any atom is 0.340 e. The van der Waals surface area contributed by atoms with Crippen LogP contribution in [-0.2, 0) is 9.53 Å². The van der Waals surface area contributed by atoms with Gasteiger partial charge >= 0.3 is 11.9 Å². The Labute approximate surface area is 130 Å². The Balaban J connectivity index is 2.00. The van der Waals surface area contributed by atoms with Crippen LogP contribution in [0.4, 0.5) is 5.69 Å². The van der Waals surface area contributed by atoms with E-state index < -0.39 is 11.9 Å². The standard InChI is InChI=1S/C17H23NO4/c1-12(13-7-3-2-4-8-13)22-17(21)14-9-5-6-10-15(14)18-11-16(19)20/h5-6,9-10,12-13,18H,2-4,7-8,11H2,1H3,(H,19,20). The molecule has 0 heterocycles. The molecule has 0 bridgehead atoms. The fourth-order valence-electron chi connectivity index (χ4n) is 2.92. The molecule has 1 fully saturated rings. The van der Waals surface area contributed by atoms with Crippen LogP contribution in [-0.4, -0.2) is 29.7 Å². The summed E-state index contributed by atoms with van der Waals surface area (Å²) in [5, 5.41) is 11.5. The molecule has 0 spiro atoms. The molecular weight excluding hydrogens is 282 g/mol. The first-order valence-electron chi connectivity index (χ1n) is 7.83. The highest BCUT2D eigenvalue weighted by Gasteiger charge is 2.24. The zero-order valence-electron chi connectivity index (χ0n) is 12.9. The molecule has 0 aliphatic heterocycles. The monoisotopic (exact) mass is 305 g/mol. The molecule has 1 atom stereocenters. The Morgan fingerprint density at radius 3 is 2.64 bits per heavy atom. The molecule has 5 nitrogen and oxygen atoms in total. The van der Waals surface area contributed by atoms with Gasteiger partial charge in [0.25, 0.3) is 0 Å². The Kier molecular flexibility index (Phi) is 5.81. The summed E-state index contributed by atoms with van der Waals surface area (Å²) >= 11 is 0. The second kappa shape index (κ2) is 7.82. The molecule has 1 aromatic carbocycles. The lowest BCUT2D eigenvalue weighted by Crippen LogP contribution is -2.26. The van der Waals surface area contributed by atoms with Gasteiger partial charge in [-0.2, -0.15) is 0 Å². The van der Waals surface area contributed by atoms with Gasteiger partial charge < -0.3 is 15.2 Å². The first-order valence-corrected chi connectivity index (χ1v) is 7.83. The number of para-hydroxylation sites is 1. The van der Waals surface area contributed by atoms with E-state index in [1.165, 1.54) is 19.3 Å².